The van der Waals surface area contributed by atoms with Crippen LogP contribution in [0.4, 0.5) is 9.59 Å². The number of rotatable bonds is 6. The van der Waals surface area contributed by atoms with Gasteiger partial charge >= 0.3 is 12.1 Å². The van der Waals surface area contributed by atoms with Gasteiger partial charge in [0.25, 0.3) is 0 Å². The van der Waals surface area contributed by atoms with Crippen LogP contribution < -0.4 is 10.6 Å². The van der Waals surface area contributed by atoms with Crippen LogP contribution in [0.2, 0.25) is 10.0 Å². The summed E-state index contributed by atoms with van der Waals surface area (Å²) in [7, 11) is 0. The maximum atomic E-state index is 12.8. The van der Waals surface area contributed by atoms with Gasteiger partial charge in [-0.2, -0.15) is 0 Å². The topological polar surface area (TPSA) is 105 Å². The molecule has 0 aliphatic heterocycles. The number of urea groups is 1. The first kappa shape index (κ1) is 24.8. The zero-order valence-electron chi connectivity index (χ0n) is 18.6. The predicted molar refractivity (Wildman–Crippen MR) is 128 cm³/mol. The lowest BCUT2D eigenvalue weighted by molar-refractivity contribution is 0.0538. The molecular formula is C23H26Cl2N4O4. The van der Waals surface area contributed by atoms with E-state index in [1.165, 1.54) is 4.57 Å². The van der Waals surface area contributed by atoms with Crippen LogP contribution in [0.5, 0.6) is 0 Å². The minimum atomic E-state index is -0.693. The fourth-order valence-electron chi connectivity index (χ4n) is 3.22. The van der Waals surface area contributed by atoms with Crippen molar-refractivity contribution in [3.63, 3.8) is 0 Å². The molecule has 3 rings (SSSR count). The van der Waals surface area contributed by atoms with Crippen molar-refractivity contribution in [1.82, 2.24) is 20.2 Å². The van der Waals surface area contributed by atoms with Crippen molar-refractivity contribution in [2.75, 3.05) is 6.61 Å². The van der Waals surface area contributed by atoms with E-state index in [0.29, 0.717) is 33.3 Å². The van der Waals surface area contributed by atoms with Gasteiger partial charge in [-0.15, -0.1) is 0 Å². The number of ether oxygens (including phenoxy) is 1. The normalized spacial score (nSPS) is 12.4. The van der Waals surface area contributed by atoms with Crippen LogP contribution in [0.3, 0.4) is 0 Å². The molecule has 0 bridgehead atoms. The van der Waals surface area contributed by atoms with E-state index in [1.807, 2.05) is 6.07 Å². The number of nitrogens with zero attached hydrogens (tertiary/aromatic N) is 2. The molecule has 1 aromatic heterocycles. The number of aliphatic hydroxyl groups excluding tert-OH is 1. The number of para-hydroxylation sites is 2. The summed E-state index contributed by atoms with van der Waals surface area (Å²) >= 11 is 12.1. The first-order valence-corrected chi connectivity index (χ1v) is 11.1. The van der Waals surface area contributed by atoms with Crippen molar-refractivity contribution < 1.29 is 19.4 Å². The number of aliphatic hydroxyl groups is 1. The molecule has 1 unspecified atom stereocenters. The summed E-state index contributed by atoms with van der Waals surface area (Å²) in [4.78, 5) is 29.8. The van der Waals surface area contributed by atoms with E-state index in [1.54, 1.807) is 57.2 Å². The quantitative estimate of drug-likeness (QED) is 0.468. The third kappa shape index (κ3) is 6.60. The molecule has 3 aromatic rings. The van der Waals surface area contributed by atoms with Gasteiger partial charge in [-0.3, -0.25) is 0 Å². The summed E-state index contributed by atoms with van der Waals surface area (Å²) in [5.74, 6) is 0.321. The van der Waals surface area contributed by atoms with Crippen LogP contribution in [0.15, 0.2) is 42.5 Å². The second-order valence-corrected chi connectivity index (χ2v) is 9.32. The smallest absolute Gasteiger partial charge is 0.420 e. The minimum absolute atomic E-state index is 0.0282. The molecule has 0 spiro atoms. The summed E-state index contributed by atoms with van der Waals surface area (Å²) < 4.78 is 6.85. The van der Waals surface area contributed by atoms with Crippen molar-refractivity contribution in [2.24, 2.45) is 0 Å². The highest BCUT2D eigenvalue weighted by atomic mass is 35.5. The Morgan fingerprint density at radius 2 is 1.91 bits per heavy atom. The fraction of sp³-hybridized carbons (Fsp3) is 0.348. The standard InChI is InChI=1S/C23H26Cl2N4O4/c1-23(2,3)33-22(32)29-19-7-5-4-6-18(19)28-20(29)12-26-21(31)27-16(13-30)10-14-8-9-15(24)11-17(14)25/h4-9,11,16,30H,10,12-13H2,1-3H3,(H2,26,27,31). The Hall–Kier alpha value is -2.81. The van der Waals surface area contributed by atoms with Gasteiger partial charge in [-0.05, 0) is 57.0 Å². The van der Waals surface area contributed by atoms with Gasteiger partial charge in [0.2, 0.25) is 0 Å². The Morgan fingerprint density at radius 3 is 2.58 bits per heavy atom. The van der Waals surface area contributed by atoms with Crippen molar-refractivity contribution in [3.05, 3.63) is 63.9 Å². The van der Waals surface area contributed by atoms with Crippen molar-refractivity contribution in [1.29, 1.82) is 0 Å². The Balaban J connectivity index is 1.70. The third-order valence-corrected chi connectivity index (χ3v) is 5.24. The molecule has 2 amide bonds. The zero-order valence-corrected chi connectivity index (χ0v) is 20.1. The number of carbonyl (C=O) groups is 2. The number of aromatic nitrogens is 2. The Bertz CT molecular complexity index is 1160. The molecule has 0 radical (unpaired) electrons. The largest absolute Gasteiger partial charge is 0.443 e. The summed E-state index contributed by atoms with van der Waals surface area (Å²) in [6.07, 6.45) is -0.268. The number of benzene rings is 2. The molecule has 1 atom stereocenters. The third-order valence-electron chi connectivity index (χ3n) is 4.65. The van der Waals surface area contributed by atoms with E-state index in [9.17, 15) is 14.7 Å². The fourth-order valence-corrected chi connectivity index (χ4v) is 3.70. The minimum Gasteiger partial charge on any atom is -0.443 e. The molecule has 10 heteroatoms. The van der Waals surface area contributed by atoms with E-state index < -0.39 is 23.8 Å². The molecule has 0 saturated heterocycles. The van der Waals surface area contributed by atoms with Gasteiger partial charge in [-0.25, -0.2) is 19.1 Å². The lowest BCUT2D eigenvalue weighted by Gasteiger charge is -2.21. The number of carbonyl (C=O) groups excluding carboxylic acids is 2. The van der Waals surface area contributed by atoms with Crippen LogP contribution in [0.25, 0.3) is 11.0 Å². The molecule has 0 saturated carbocycles. The van der Waals surface area contributed by atoms with Crippen LogP contribution in [0.1, 0.15) is 32.2 Å². The van der Waals surface area contributed by atoms with Gasteiger partial charge in [0.15, 0.2) is 0 Å². The zero-order chi connectivity index (χ0) is 24.2. The highest BCUT2D eigenvalue weighted by Gasteiger charge is 2.23. The first-order valence-electron chi connectivity index (χ1n) is 10.4. The highest BCUT2D eigenvalue weighted by Crippen LogP contribution is 2.22. The monoisotopic (exact) mass is 492 g/mol. The van der Waals surface area contributed by atoms with E-state index in [-0.39, 0.29) is 13.2 Å². The number of imidazole rings is 1. The second kappa shape index (κ2) is 10.4. The second-order valence-electron chi connectivity index (χ2n) is 8.48. The van der Waals surface area contributed by atoms with Gasteiger partial charge in [0, 0.05) is 10.0 Å². The van der Waals surface area contributed by atoms with E-state index >= 15 is 0 Å². The van der Waals surface area contributed by atoms with Crippen LogP contribution in [-0.4, -0.2) is 45.0 Å². The van der Waals surface area contributed by atoms with Gasteiger partial charge in [0.1, 0.15) is 11.4 Å². The SMILES string of the molecule is CC(C)(C)OC(=O)n1c(CNC(=O)NC(CO)Cc2ccc(Cl)cc2Cl)nc2ccccc21. The molecule has 0 fully saturated rings. The van der Waals surface area contributed by atoms with E-state index in [0.717, 1.165) is 5.56 Å². The maximum absolute atomic E-state index is 12.8. The van der Waals surface area contributed by atoms with Crippen LogP contribution in [0, 0.1) is 0 Å². The van der Waals surface area contributed by atoms with Gasteiger partial charge in [0.05, 0.1) is 30.2 Å². The number of halogens is 2. The molecule has 0 aliphatic rings. The number of nitrogens with one attached hydrogen (secondary N) is 2. The molecule has 2 aromatic carbocycles. The summed E-state index contributed by atoms with van der Waals surface area (Å²) in [6, 6.07) is 11.1. The van der Waals surface area contributed by atoms with E-state index in [2.05, 4.69) is 15.6 Å². The number of fused-ring (bicyclic) bond motifs is 1. The maximum Gasteiger partial charge on any atom is 0.420 e. The molecule has 1 heterocycles. The Labute approximate surface area is 201 Å². The number of hydrogen-bond acceptors (Lipinski definition) is 5. The lowest BCUT2D eigenvalue weighted by Crippen LogP contribution is -2.45. The summed E-state index contributed by atoms with van der Waals surface area (Å²) in [5.41, 5.74) is 1.23. The van der Waals surface area contributed by atoms with Crippen molar-refractivity contribution in [3.8, 4) is 0 Å². The van der Waals surface area contributed by atoms with Crippen LogP contribution >= 0.6 is 23.2 Å². The lowest BCUT2D eigenvalue weighted by atomic mass is 10.1. The van der Waals surface area contributed by atoms with Crippen LogP contribution in [-0.2, 0) is 17.7 Å². The van der Waals surface area contributed by atoms with Gasteiger partial charge < -0.3 is 20.5 Å². The molecule has 8 nitrogen and oxygen atoms in total. The number of amides is 2. The Kier molecular flexibility index (Phi) is 7.84. The van der Waals surface area contributed by atoms with E-state index in [4.69, 9.17) is 27.9 Å². The average molecular weight is 493 g/mol. The molecule has 3 N–H and O–H groups in total. The predicted octanol–water partition coefficient (Wildman–Crippen LogP) is 4.53. The van der Waals surface area contributed by atoms with Crippen molar-refractivity contribution in [2.45, 2.75) is 45.4 Å². The molecular weight excluding hydrogens is 467 g/mol. The van der Waals surface area contributed by atoms with Gasteiger partial charge in [-0.1, -0.05) is 41.4 Å². The number of hydrogen-bond donors (Lipinski definition) is 3. The first-order chi connectivity index (χ1) is 15.6. The molecule has 33 heavy (non-hydrogen) atoms. The highest BCUT2D eigenvalue weighted by molar-refractivity contribution is 6.35. The van der Waals surface area contributed by atoms with Crippen molar-refractivity contribution >= 4 is 46.4 Å². The molecule has 176 valence electrons. The molecule has 0 aliphatic carbocycles. The Morgan fingerprint density at radius 1 is 1.18 bits per heavy atom. The summed E-state index contributed by atoms with van der Waals surface area (Å²) in [5, 5.41) is 16.0. The average Bonchev–Trinajstić information content (AvgIpc) is 3.11. The summed E-state index contributed by atoms with van der Waals surface area (Å²) in [6.45, 7) is 5.01.